The number of halogens is 1. The van der Waals surface area contributed by atoms with Crippen LogP contribution in [0.25, 0.3) is 0 Å². The average Bonchev–Trinajstić information content (AvgIpc) is 2.04. The maximum absolute atomic E-state index is 5.17. The lowest BCUT2D eigenvalue weighted by molar-refractivity contribution is -0.0314. The Balaban J connectivity index is 2.89. The van der Waals surface area contributed by atoms with E-state index < -0.39 is 0 Å². The summed E-state index contributed by atoms with van der Waals surface area (Å²) in [5.41, 5.74) is 0. The predicted octanol–water partition coefficient (Wildman–Crippen LogP) is 2.25. The van der Waals surface area contributed by atoms with Crippen LogP contribution in [0.5, 0.6) is 0 Å². The Morgan fingerprint density at radius 2 is 2.27 bits per heavy atom. The highest BCUT2D eigenvalue weighted by molar-refractivity contribution is 14.1. The Morgan fingerprint density at radius 1 is 1.55 bits per heavy atom. The normalized spacial score (nSPS) is 12.6. The summed E-state index contributed by atoms with van der Waals surface area (Å²) < 4.78 is 10.9. The largest absolute Gasteiger partial charge is 0.466 e. The molecule has 64 valence electrons. The SMILES string of the molecule is COCOCCC[CH](C)[Mg][I]. The highest BCUT2D eigenvalue weighted by Gasteiger charge is 2.02. The van der Waals surface area contributed by atoms with Crippen molar-refractivity contribution in [3.63, 3.8) is 0 Å². The van der Waals surface area contributed by atoms with Crippen LogP contribution in [-0.4, -0.2) is 37.0 Å². The van der Waals surface area contributed by atoms with E-state index in [1.807, 2.05) is 0 Å². The molecule has 4 heteroatoms. The summed E-state index contributed by atoms with van der Waals surface area (Å²) in [4.78, 5) is 0. The fourth-order valence-corrected chi connectivity index (χ4v) is 2.52. The summed E-state index contributed by atoms with van der Waals surface area (Å²) in [7, 11) is 1.65. The summed E-state index contributed by atoms with van der Waals surface area (Å²) in [5, 5.41) is 0. The maximum Gasteiger partial charge on any atom is 0.466 e. The first-order chi connectivity index (χ1) is 5.31. The van der Waals surface area contributed by atoms with Gasteiger partial charge in [0.15, 0.2) is 0 Å². The molecular weight excluding hydrogens is 267 g/mol. The summed E-state index contributed by atoms with van der Waals surface area (Å²) in [6.07, 6.45) is 2.50. The number of methoxy groups -OCH3 is 1. The molecule has 1 unspecified atom stereocenters. The van der Waals surface area contributed by atoms with Crippen LogP contribution < -0.4 is 0 Å². The van der Waals surface area contributed by atoms with E-state index in [0.717, 1.165) is 10.7 Å². The molecule has 0 fully saturated rings. The van der Waals surface area contributed by atoms with Crippen molar-refractivity contribution in [3.8, 4) is 0 Å². The highest BCUT2D eigenvalue weighted by Crippen LogP contribution is 2.12. The van der Waals surface area contributed by atoms with Gasteiger partial charge >= 0.3 is 16.5 Å². The molecule has 0 spiro atoms. The van der Waals surface area contributed by atoms with Crippen molar-refractivity contribution in [3.05, 3.63) is 0 Å². The Labute approximate surface area is 88.5 Å². The van der Waals surface area contributed by atoms with E-state index >= 15 is 0 Å². The second-order valence-electron chi connectivity index (χ2n) is 2.72. The zero-order valence-corrected chi connectivity index (χ0v) is 10.9. The van der Waals surface area contributed by atoms with Crippen LogP contribution in [0.2, 0.25) is 4.05 Å². The van der Waals surface area contributed by atoms with E-state index in [-0.39, 0.29) is 16.5 Å². The summed E-state index contributed by atoms with van der Waals surface area (Å²) in [5.74, 6) is 0. The average molecular weight is 282 g/mol. The van der Waals surface area contributed by atoms with E-state index in [1.54, 1.807) is 7.11 Å². The van der Waals surface area contributed by atoms with Gasteiger partial charge in [-0.1, -0.05) is 13.3 Å². The number of hydrogen-bond acceptors (Lipinski definition) is 2. The topological polar surface area (TPSA) is 18.5 Å². The van der Waals surface area contributed by atoms with Crippen LogP contribution >= 0.6 is 18.9 Å². The molecule has 0 amide bonds. The molecule has 2 nitrogen and oxygen atoms in total. The van der Waals surface area contributed by atoms with Crippen molar-refractivity contribution in [2.45, 2.75) is 23.8 Å². The fraction of sp³-hybridized carbons (Fsp3) is 1.00. The molecule has 0 rings (SSSR count). The Morgan fingerprint density at radius 3 is 2.82 bits per heavy atom. The maximum atomic E-state index is 5.17. The van der Waals surface area contributed by atoms with Gasteiger partial charge in [-0.3, -0.25) is 0 Å². The molecule has 0 aromatic heterocycles. The standard InChI is InChI=1S/C7H15O2.HI.Mg/c1-3-4-5-6-9-7-8-2;;/h3H,4-7H2,1-2H3;1H;/q;;+1/p-1. The summed E-state index contributed by atoms with van der Waals surface area (Å²) in [6, 6.07) is 0. The lowest BCUT2D eigenvalue weighted by Crippen LogP contribution is -2.00. The Hall–Kier alpha value is 1.42. The minimum Gasteiger partial charge on any atom is -0.359 e. The zero-order valence-electron chi connectivity index (χ0n) is 7.31. The molecule has 0 aromatic carbocycles. The van der Waals surface area contributed by atoms with Gasteiger partial charge < -0.3 is 28.3 Å². The summed E-state index contributed by atoms with van der Waals surface area (Å²) in [6.45, 7) is 3.62. The fourth-order valence-electron chi connectivity index (χ4n) is 0.753. The molecule has 1 atom stereocenters. The van der Waals surface area contributed by atoms with E-state index in [0.29, 0.717) is 6.79 Å². The molecule has 0 aliphatic carbocycles. The monoisotopic (exact) mass is 282 g/mol. The van der Waals surface area contributed by atoms with Crippen LogP contribution in [0.3, 0.4) is 0 Å². The van der Waals surface area contributed by atoms with Crippen LogP contribution in [0.4, 0.5) is 0 Å². The Kier molecular flexibility index (Phi) is 10.7. The van der Waals surface area contributed by atoms with Gasteiger partial charge in [0, 0.05) is 13.7 Å². The molecular formula is C7H15IMgO2. The molecule has 0 saturated heterocycles. The van der Waals surface area contributed by atoms with E-state index in [4.69, 9.17) is 9.47 Å². The molecule has 0 radical (unpaired) electrons. The quantitative estimate of drug-likeness (QED) is 0.309. The first kappa shape index (κ1) is 12.4. The molecule has 0 aromatic rings. The van der Waals surface area contributed by atoms with Gasteiger partial charge in [-0.15, -0.1) is 4.05 Å². The molecule has 0 aliphatic rings. The van der Waals surface area contributed by atoms with Gasteiger partial charge in [0.25, 0.3) is 0 Å². The smallest absolute Gasteiger partial charge is 0.359 e. The third-order valence-electron chi connectivity index (χ3n) is 1.45. The van der Waals surface area contributed by atoms with Gasteiger partial charge in [-0.25, -0.2) is 0 Å². The van der Waals surface area contributed by atoms with Crippen molar-refractivity contribution in [1.82, 2.24) is 0 Å². The lowest BCUT2D eigenvalue weighted by Gasteiger charge is -2.06. The first-order valence-electron chi connectivity index (χ1n) is 3.94. The summed E-state index contributed by atoms with van der Waals surface area (Å²) >= 11 is 2.74. The lowest BCUT2D eigenvalue weighted by atomic mass is 10.2. The number of hydrogen-bond donors (Lipinski definition) is 0. The van der Waals surface area contributed by atoms with E-state index in [1.165, 1.54) is 12.8 Å². The van der Waals surface area contributed by atoms with E-state index in [2.05, 4.69) is 25.8 Å². The van der Waals surface area contributed by atoms with Gasteiger partial charge in [-0.2, -0.15) is 0 Å². The molecule has 0 saturated carbocycles. The number of rotatable bonds is 7. The molecule has 0 N–H and O–H groups in total. The Bertz CT molecular complexity index is 82.8. The highest BCUT2D eigenvalue weighted by atomic mass is 127. The van der Waals surface area contributed by atoms with Crippen molar-refractivity contribution in [2.24, 2.45) is 0 Å². The third kappa shape index (κ3) is 9.33. The third-order valence-corrected chi connectivity index (χ3v) is 6.90. The molecule has 0 aliphatic heterocycles. The first-order valence-corrected chi connectivity index (χ1v) is 9.86. The van der Waals surface area contributed by atoms with Gasteiger partial charge in [-0.05, 0) is 6.42 Å². The van der Waals surface area contributed by atoms with Crippen LogP contribution in [0.15, 0.2) is 0 Å². The van der Waals surface area contributed by atoms with Gasteiger partial charge in [0.05, 0.1) is 0 Å². The van der Waals surface area contributed by atoms with Crippen molar-refractivity contribution < 1.29 is 9.47 Å². The van der Waals surface area contributed by atoms with Crippen LogP contribution in [0, 0.1) is 0 Å². The number of ether oxygens (including phenoxy) is 2. The van der Waals surface area contributed by atoms with Crippen LogP contribution in [-0.2, 0) is 9.47 Å². The van der Waals surface area contributed by atoms with Gasteiger partial charge in [0.2, 0.25) is 0 Å². The second kappa shape index (κ2) is 9.50. The second-order valence-corrected chi connectivity index (χ2v) is 7.06. The van der Waals surface area contributed by atoms with Crippen molar-refractivity contribution in [2.75, 3.05) is 20.5 Å². The zero-order chi connectivity index (χ0) is 8.53. The van der Waals surface area contributed by atoms with E-state index in [9.17, 15) is 0 Å². The minimum atomic E-state index is 0.182. The molecule has 0 heterocycles. The van der Waals surface area contributed by atoms with Gasteiger partial charge in [0.1, 0.15) is 6.79 Å². The molecule has 0 bridgehead atoms. The van der Waals surface area contributed by atoms with Crippen molar-refractivity contribution >= 4 is 35.3 Å². The predicted molar refractivity (Wildman–Crippen MR) is 56.3 cm³/mol. The molecule has 11 heavy (non-hydrogen) atoms. The van der Waals surface area contributed by atoms with Crippen molar-refractivity contribution in [1.29, 1.82) is 0 Å². The minimum absolute atomic E-state index is 0.182. The van der Waals surface area contributed by atoms with Crippen LogP contribution in [0.1, 0.15) is 19.8 Å².